The fourth-order valence-corrected chi connectivity index (χ4v) is 1.99. The number of carbonyl (C=O) groups is 2. The first-order chi connectivity index (χ1) is 9.60. The Morgan fingerprint density at radius 2 is 1.65 bits per heavy atom. The van der Waals surface area contributed by atoms with Gasteiger partial charge >= 0.3 is 12.1 Å². The molecule has 0 unspecified atom stereocenters. The van der Waals surface area contributed by atoms with Crippen LogP contribution in [0, 0.1) is 0 Å². The molecule has 0 saturated carbocycles. The smallest absolute Gasteiger partial charge is 0.409 e. The van der Waals surface area contributed by atoms with Gasteiger partial charge in [-0.05, 0) is 24.3 Å². The second-order valence-corrected chi connectivity index (χ2v) is 4.50. The van der Waals surface area contributed by atoms with Crippen LogP contribution >= 0.6 is 0 Å². The molecule has 7 heteroatoms. The molecule has 1 heterocycles. The molecule has 1 aromatic rings. The maximum absolute atomic E-state index is 12.0. The lowest BCUT2D eigenvalue weighted by atomic mass is 10.3. The molecule has 1 aromatic carbocycles. The summed E-state index contributed by atoms with van der Waals surface area (Å²) >= 11 is 0. The van der Waals surface area contributed by atoms with Gasteiger partial charge in [0.25, 0.3) is 0 Å². The van der Waals surface area contributed by atoms with Gasteiger partial charge in [0.1, 0.15) is 0 Å². The molecular weight excluding hydrogens is 260 g/mol. The number of urea groups is 1. The number of anilines is 2. The largest absolute Gasteiger partial charge is 0.453 e. The van der Waals surface area contributed by atoms with E-state index in [1.807, 2.05) is 0 Å². The summed E-state index contributed by atoms with van der Waals surface area (Å²) in [6.45, 7) is 1.91. The normalized spacial score (nSPS) is 14.8. The minimum Gasteiger partial charge on any atom is -0.453 e. The Balaban J connectivity index is 1.85. The minimum absolute atomic E-state index is 0.181. The van der Waals surface area contributed by atoms with Crippen molar-refractivity contribution in [2.45, 2.75) is 0 Å². The van der Waals surface area contributed by atoms with Gasteiger partial charge in [-0.1, -0.05) is 0 Å². The molecular formula is C13H18N4O3. The van der Waals surface area contributed by atoms with Gasteiger partial charge in [-0.2, -0.15) is 0 Å². The topological polar surface area (TPSA) is 87.9 Å². The first-order valence-corrected chi connectivity index (χ1v) is 6.34. The Bertz CT molecular complexity index is 481. The summed E-state index contributed by atoms with van der Waals surface area (Å²) in [7, 11) is 1.35. The van der Waals surface area contributed by atoms with Crippen LogP contribution in [0.4, 0.5) is 21.0 Å². The lowest BCUT2D eigenvalue weighted by molar-refractivity contribution is 0.0993. The van der Waals surface area contributed by atoms with E-state index in [1.165, 1.54) is 7.11 Å². The van der Waals surface area contributed by atoms with E-state index < -0.39 is 0 Å². The summed E-state index contributed by atoms with van der Waals surface area (Å²) in [5, 5.41) is 2.79. The van der Waals surface area contributed by atoms with Gasteiger partial charge in [0.15, 0.2) is 0 Å². The fraction of sp³-hybridized carbons (Fsp3) is 0.385. The van der Waals surface area contributed by atoms with Crippen molar-refractivity contribution >= 4 is 23.5 Å². The molecule has 0 radical (unpaired) electrons. The third-order valence-corrected chi connectivity index (χ3v) is 3.16. The summed E-state index contributed by atoms with van der Waals surface area (Å²) in [4.78, 5) is 26.6. The third kappa shape index (κ3) is 3.31. The van der Waals surface area contributed by atoms with Crippen LogP contribution < -0.4 is 11.1 Å². The summed E-state index contributed by atoms with van der Waals surface area (Å²) in [6.07, 6.45) is -0.358. The van der Waals surface area contributed by atoms with Crippen LogP contribution in [0.2, 0.25) is 0 Å². The SMILES string of the molecule is COC(=O)N1CCN(C(=O)Nc2ccc(N)cc2)CC1. The molecule has 0 spiro atoms. The average Bonchev–Trinajstić information content (AvgIpc) is 2.49. The molecule has 1 fully saturated rings. The zero-order chi connectivity index (χ0) is 14.5. The first kappa shape index (κ1) is 14.0. The number of nitrogen functional groups attached to an aromatic ring is 1. The molecule has 0 atom stereocenters. The first-order valence-electron chi connectivity index (χ1n) is 6.34. The van der Waals surface area contributed by atoms with E-state index in [2.05, 4.69) is 10.1 Å². The number of ether oxygens (including phenoxy) is 1. The summed E-state index contributed by atoms with van der Waals surface area (Å²) in [5.41, 5.74) is 6.93. The maximum Gasteiger partial charge on any atom is 0.409 e. The van der Waals surface area contributed by atoms with Gasteiger partial charge in [0.2, 0.25) is 0 Å². The van der Waals surface area contributed by atoms with Gasteiger partial charge in [0.05, 0.1) is 7.11 Å². The third-order valence-electron chi connectivity index (χ3n) is 3.16. The Labute approximate surface area is 117 Å². The van der Waals surface area contributed by atoms with Gasteiger partial charge < -0.3 is 25.6 Å². The highest BCUT2D eigenvalue weighted by Crippen LogP contribution is 2.12. The van der Waals surface area contributed by atoms with Crippen LogP contribution in [0.25, 0.3) is 0 Å². The van der Waals surface area contributed by atoms with Crippen LogP contribution in [-0.4, -0.2) is 55.2 Å². The maximum atomic E-state index is 12.0. The highest BCUT2D eigenvalue weighted by atomic mass is 16.5. The number of rotatable bonds is 1. The van der Waals surface area contributed by atoms with Crippen molar-refractivity contribution in [3.63, 3.8) is 0 Å². The van der Waals surface area contributed by atoms with Crippen molar-refractivity contribution in [2.75, 3.05) is 44.3 Å². The molecule has 2 rings (SSSR count). The van der Waals surface area contributed by atoms with Gasteiger partial charge in [0, 0.05) is 37.6 Å². The zero-order valence-electron chi connectivity index (χ0n) is 11.3. The lowest BCUT2D eigenvalue weighted by Crippen LogP contribution is -2.51. The van der Waals surface area contributed by atoms with Gasteiger partial charge in [-0.3, -0.25) is 0 Å². The minimum atomic E-state index is -0.358. The zero-order valence-corrected chi connectivity index (χ0v) is 11.3. The Kier molecular flexibility index (Phi) is 4.29. The van der Waals surface area contributed by atoms with Crippen molar-refractivity contribution < 1.29 is 14.3 Å². The molecule has 1 aliphatic heterocycles. The molecule has 20 heavy (non-hydrogen) atoms. The van der Waals surface area contributed by atoms with Crippen molar-refractivity contribution in [2.24, 2.45) is 0 Å². The van der Waals surface area contributed by atoms with Crippen LogP contribution in [0.5, 0.6) is 0 Å². The number of hydrogen-bond acceptors (Lipinski definition) is 4. The number of nitrogens with two attached hydrogens (primary N) is 1. The molecule has 1 saturated heterocycles. The Hall–Kier alpha value is -2.44. The van der Waals surface area contributed by atoms with E-state index in [-0.39, 0.29) is 12.1 Å². The van der Waals surface area contributed by atoms with E-state index >= 15 is 0 Å². The Morgan fingerprint density at radius 3 is 2.20 bits per heavy atom. The van der Waals surface area contributed by atoms with E-state index in [0.29, 0.717) is 37.6 Å². The Morgan fingerprint density at radius 1 is 1.10 bits per heavy atom. The molecule has 3 amide bonds. The predicted octanol–water partition coefficient (Wildman–Crippen LogP) is 1.18. The summed E-state index contributed by atoms with van der Waals surface area (Å²) < 4.78 is 4.65. The number of nitrogens with one attached hydrogen (secondary N) is 1. The van der Waals surface area contributed by atoms with Crippen LogP contribution in [-0.2, 0) is 4.74 Å². The highest BCUT2D eigenvalue weighted by molar-refractivity contribution is 5.89. The highest BCUT2D eigenvalue weighted by Gasteiger charge is 2.24. The average molecular weight is 278 g/mol. The number of amides is 3. The van der Waals surface area contributed by atoms with Crippen LogP contribution in [0.1, 0.15) is 0 Å². The number of carbonyl (C=O) groups excluding carboxylic acids is 2. The molecule has 0 aromatic heterocycles. The molecule has 3 N–H and O–H groups in total. The molecule has 0 aliphatic carbocycles. The number of methoxy groups -OCH3 is 1. The standard InChI is InChI=1S/C13H18N4O3/c1-20-13(19)17-8-6-16(7-9-17)12(18)15-11-4-2-10(14)3-5-11/h2-5H,6-9,14H2,1H3,(H,15,18). The van der Waals surface area contributed by atoms with Gasteiger partial charge in [-0.15, -0.1) is 0 Å². The van der Waals surface area contributed by atoms with Crippen molar-refractivity contribution in [1.82, 2.24) is 9.80 Å². The number of benzene rings is 1. The number of piperazine rings is 1. The summed E-state index contributed by atoms with van der Waals surface area (Å²) in [6, 6.07) is 6.77. The van der Waals surface area contributed by atoms with Crippen molar-refractivity contribution in [3.8, 4) is 0 Å². The van der Waals surface area contributed by atoms with Gasteiger partial charge in [-0.25, -0.2) is 9.59 Å². The van der Waals surface area contributed by atoms with Crippen molar-refractivity contribution in [3.05, 3.63) is 24.3 Å². The van der Waals surface area contributed by atoms with E-state index in [0.717, 1.165) is 0 Å². The predicted molar refractivity (Wildman–Crippen MR) is 75.4 cm³/mol. The second-order valence-electron chi connectivity index (χ2n) is 4.50. The number of nitrogens with zero attached hydrogens (tertiary/aromatic N) is 2. The van der Waals surface area contributed by atoms with Crippen LogP contribution in [0.3, 0.4) is 0 Å². The van der Waals surface area contributed by atoms with Crippen molar-refractivity contribution in [1.29, 1.82) is 0 Å². The quantitative estimate of drug-likeness (QED) is 0.755. The second kappa shape index (κ2) is 6.14. The lowest BCUT2D eigenvalue weighted by Gasteiger charge is -2.33. The van der Waals surface area contributed by atoms with E-state index in [1.54, 1.807) is 34.1 Å². The molecule has 7 nitrogen and oxygen atoms in total. The summed E-state index contributed by atoms with van der Waals surface area (Å²) in [5.74, 6) is 0. The van der Waals surface area contributed by atoms with E-state index in [4.69, 9.17) is 5.73 Å². The molecule has 108 valence electrons. The van der Waals surface area contributed by atoms with E-state index in [9.17, 15) is 9.59 Å². The fourth-order valence-electron chi connectivity index (χ4n) is 1.99. The monoisotopic (exact) mass is 278 g/mol. The number of hydrogen-bond donors (Lipinski definition) is 2. The van der Waals surface area contributed by atoms with Crippen LogP contribution in [0.15, 0.2) is 24.3 Å². The molecule has 0 bridgehead atoms. The molecule has 1 aliphatic rings.